The van der Waals surface area contributed by atoms with Crippen LogP contribution < -0.4 is 5.32 Å². The maximum Gasteiger partial charge on any atom is 0.251 e. The monoisotopic (exact) mass is 265 g/mol. The molecule has 0 spiro atoms. The molecule has 106 valence electrons. The zero-order valence-electron chi connectivity index (χ0n) is 12.0. The van der Waals surface area contributed by atoms with Crippen LogP contribution >= 0.6 is 0 Å². The topological polar surface area (TPSA) is 69.6 Å². The Bertz CT molecular complexity index is 449. The molecule has 0 saturated heterocycles. The molecule has 1 rings (SSSR count). The Morgan fingerprint density at radius 2 is 2.00 bits per heavy atom. The molecule has 1 aromatic rings. The number of hydrogen-bond donors (Lipinski definition) is 3. The normalized spacial score (nSPS) is 13.1. The Morgan fingerprint density at radius 1 is 1.37 bits per heavy atom. The maximum atomic E-state index is 11.9. The molecule has 0 aromatic heterocycles. The minimum atomic E-state index is -0.554. The van der Waals surface area contributed by atoms with Crippen molar-refractivity contribution in [2.75, 3.05) is 6.54 Å². The van der Waals surface area contributed by atoms with E-state index >= 15 is 0 Å². The quantitative estimate of drug-likeness (QED) is 0.782. The molecule has 4 heteroatoms. The highest BCUT2D eigenvalue weighted by molar-refractivity contribution is 5.95. The van der Waals surface area contributed by atoms with Crippen molar-refractivity contribution in [2.24, 2.45) is 5.41 Å². The van der Waals surface area contributed by atoms with Crippen LogP contribution in [0.2, 0.25) is 0 Å². The molecule has 1 unspecified atom stereocenters. The van der Waals surface area contributed by atoms with Gasteiger partial charge < -0.3 is 15.5 Å². The fourth-order valence-electron chi connectivity index (χ4n) is 1.99. The fourth-order valence-corrected chi connectivity index (χ4v) is 1.99. The van der Waals surface area contributed by atoms with Crippen molar-refractivity contribution in [1.29, 1.82) is 0 Å². The van der Waals surface area contributed by atoms with Crippen molar-refractivity contribution >= 4 is 5.91 Å². The summed E-state index contributed by atoms with van der Waals surface area (Å²) in [6.45, 7) is 8.13. The minimum Gasteiger partial charge on any atom is -0.508 e. The molecule has 0 saturated carbocycles. The van der Waals surface area contributed by atoms with Crippen LogP contribution in [-0.2, 0) is 0 Å². The van der Waals surface area contributed by atoms with Gasteiger partial charge >= 0.3 is 0 Å². The molecule has 0 aliphatic carbocycles. The number of carbonyl (C=O) groups is 1. The number of hydrogen-bond acceptors (Lipinski definition) is 3. The van der Waals surface area contributed by atoms with Crippen LogP contribution in [0.5, 0.6) is 5.75 Å². The lowest BCUT2D eigenvalue weighted by Crippen LogP contribution is -2.34. The second-order valence-corrected chi connectivity index (χ2v) is 6.13. The van der Waals surface area contributed by atoms with Gasteiger partial charge in [-0.05, 0) is 42.5 Å². The number of carbonyl (C=O) groups excluding carboxylic acids is 1. The molecule has 0 aliphatic rings. The van der Waals surface area contributed by atoms with Gasteiger partial charge in [0.15, 0.2) is 0 Å². The van der Waals surface area contributed by atoms with E-state index in [9.17, 15) is 15.0 Å². The van der Waals surface area contributed by atoms with E-state index in [0.717, 1.165) is 0 Å². The maximum absolute atomic E-state index is 11.9. The molecule has 0 heterocycles. The molecule has 1 amide bonds. The van der Waals surface area contributed by atoms with Gasteiger partial charge in [-0.25, -0.2) is 0 Å². The van der Waals surface area contributed by atoms with Crippen LogP contribution in [0.3, 0.4) is 0 Å². The van der Waals surface area contributed by atoms with E-state index in [1.807, 2.05) is 20.8 Å². The number of amides is 1. The second kappa shape index (κ2) is 6.06. The predicted octanol–water partition coefficient (Wildman–Crippen LogP) is 2.23. The third-order valence-corrected chi connectivity index (χ3v) is 2.80. The summed E-state index contributed by atoms with van der Waals surface area (Å²) in [7, 11) is 0. The average Bonchev–Trinajstić information content (AvgIpc) is 2.23. The van der Waals surface area contributed by atoms with Crippen LogP contribution in [0.25, 0.3) is 0 Å². The molecule has 3 N–H and O–H groups in total. The van der Waals surface area contributed by atoms with Crippen molar-refractivity contribution in [1.82, 2.24) is 5.32 Å². The number of aromatic hydroxyl groups is 1. The number of benzene rings is 1. The first-order valence-corrected chi connectivity index (χ1v) is 6.45. The minimum absolute atomic E-state index is 0.0264. The van der Waals surface area contributed by atoms with Crippen molar-refractivity contribution in [2.45, 2.75) is 40.2 Å². The Kier molecular flexibility index (Phi) is 4.95. The molecule has 0 aliphatic heterocycles. The first-order valence-electron chi connectivity index (χ1n) is 6.45. The Labute approximate surface area is 114 Å². The summed E-state index contributed by atoms with van der Waals surface area (Å²) in [6.07, 6.45) is 0.0725. The van der Waals surface area contributed by atoms with Gasteiger partial charge in [0.2, 0.25) is 0 Å². The van der Waals surface area contributed by atoms with Gasteiger partial charge in [0, 0.05) is 12.1 Å². The van der Waals surface area contributed by atoms with Gasteiger partial charge in [-0.15, -0.1) is 0 Å². The highest BCUT2D eigenvalue weighted by atomic mass is 16.3. The average molecular weight is 265 g/mol. The van der Waals surface area contributed by atoms with Crippen LogP contribution in [0.15, 0.2) is 18.2 Å². The SMILES string of the molecule is Cc1cc(O)ccc1C(=O)NCC(O)CC(C)(C)C. The summed E-state index contributed by atoms with van der Waals surface area (Å²) in [6, 6.07) is 4.60. The third kappa shape index (κ3) is 5.30. The smallest absolute Gasteiger partial charge is 0.251 e. The molecule has 0 fully saturated rings. The summed E-state index contributed by atoms with van der Waals surface area (Å²) in [5.41, 5.74) is 1.25. The molecule has 4 nitrogen and oxygen atoms in total. The van der Waals surface area contributed by atoms with E-state index in [4.69, 9.17) is 0 Å². The molecule has 1 atom stereocenters. The number of rotatable bonds is 4. The van der Waals surface area contributed by atoms with E-state index in [-0.39, 0.29) is 23.6 Å². The summed E-state index contributed by atoms with van der Waals surface area (Å²) in [5.74, 6) is -0.0905. The lowest BCUT2D eigenvalue weighted by Gasteiger charge is -2.22. The predicted molar refractivity (Wildman–Crippen MR) is 75.3 cm³/mol. The van der Waals surface area contributed by atoms with Gasteiger partial charge in [-0.1, -0.05) is 20.8 Å². The van der Waals surface area contributed by atoms with Crippen LogP contribution in [-0.4, -0.2) is 28.8 Å². The highest BCUT2D eigenvalue weighted by Gasteiger charge is 2.18. The summed E-state index contributed by atoms with van der Waals surface area (Å²) >= 11 is 0. The Morgan fingerprint density at radius 3 is 2.53 bits per heavy atom. The molecule has 19 heavy (non-hydrogen) atoms. The van der Waals surface area contributed by atoms with Crippen LogP contribution in [0, 0.1) is 12.3 Å². The lowest BCUT2D eigenvalue weighted by atomic mass is 9.89. The zero-order chi connectivity index (χ0) is 14.6. The number of aryl methyl sites for hydroxylation is 1. The van der Waals surface area contributed by atoms with Crippen molar-refractivity contribution in [3.8, 4) is 5.75 Å². The van der Waals surface area contributed by atoms with Crippen LogP contribution in [0.4, 0.5) is 0 Å². The van der Waals surface area contributed by atoms with Crippen molar-refractivity contribution < 1.29 is 15.0 Å². The van der Waals surface area contributed by atoms with Gasteiger partial charge in [0.25, 0.3) is 5.91 Å². The number of nitrogens with one attached hydrogen (secondary N) is 1. The van der Waals surface area contributed by atoms with Gasteiger partial charge in [0.05, 0.1) is 6.10 Å². The van der Waals surface area contributed by atoms with Crippen molar-refractivity contribution in [3.05, 3.63) is 29.3 Å². The zero-order valence-corrected chi connectivity index (χ0v) is 12.0. The molecule has 1 aromatic carbocycles. The summed E-state index contributed by atoms with van der Waals surface area (Å²) in [4.78, 5) is 11.9. The lowest BCUT2D eigenvalue weighted by molar-refractivity contribution is 0.0868. The summed E-state index contributed by atoms with van der Waals surface area (Å²) in [5, 5.41) is 21.8. The van der Waals surface area contributed by atoms with E-state index < -0.39 is 6.10 Å². The highest BCUT2D eigenvalue weighted by Crippen LogP contribution is 2.20. The third-order valence-electron chi connectivity index (χ3n) is 2.80. The van der Waals surface area contributed by atoms with Gasteiger partial charge in [-0.2, -0.15) is 0 Å². The van der Waals surface area contributed by atoms with E-state index in [0.29, 0.717) is 17.5 Å². The molecule has 0 radical (unpaired) electrons. The first-order chi connectivity index (χ1) is 8.69. The van der Waals surface area contributed by atoms with E-state index in [2.05, 4.69) is 5.32 Å². The van der Waals surface area contributed by atoms with Gasteiger partial charge in [0.1, 0.15) is 5.75 Å². The molecular formula is C15H23NO3. The van der Waals surface area contributed by atoms with Crippen LogP contribution in [0.1, 0.15) is 43.1 Å². The fraction of sp³-hybridized carbons (Fsp3) is 0.533. The van der Waals surface area contributed by atoms with Crippen molar-refractivity contribution in [3.63, 3.8) is 0 Å². The van der Waals surface area contributed by atoms with Gasteiger partial charge in [-0.3, -0.25) is 4.79 Å². The standard InChI is InChI=1S/C15H23NO3/c1-10-7-11(17)5-6-13(10)14(19)16-9-12(18)8-15(2,3)4/h5-7,12,17-18H,8-9H2,1-4H3,(H,16,19). The second-order valence-electron chi connectivity index (χ2n) is 6.13. The number of aliphatic hydroxyl groups excluding tert-OH is 1. The van der Waals surface area contributed by atoms with E-state index in [1.54, 1.807) is 19.1 Å². The first kappa shape index (κ1) is 15.5. The molecule has 0 bridgehead atoms. The largest absolute Gasteiger partial charge is 0.508 e. The number of phenolic OH excluding ortho intramolecular Hbond substituents is 1. The summed E-state index contributed by atoms with van der Waals surface area (Å²) < 4.78 is 0. The number of aliphatic hydroxyl groups is 1. The van der Waals surface area contributed by atoms with E-state index in [1.165, 1.54) is 6.07 Å². The molecular weight excluding hydrogens is 242 g/mol. The Balaban J connectivity index is 2.56. The number of phenols is 1. The Hall–Kier alpha value is -1.55.